The molecule has 0 spiro atoms. The minimum atomic E-state index is -0.460. The number of hydrogen-bond acceptors (Lipinski definition) is 4. The lowest BCUT2D eigenvalue weighted by Gasteiger charge is -1.91. The summed E-state index contributed by atoms with van der Waals surface area (Å²) in [7, 11) is 0. The molecule has 0 bridgehead atoms. The van der Waals surface area contributed by atoms with Gasteiger partial charge in [-0.3, -0.25) is 0 Å². The van der Waals surface area contributed by atoms with E-state index in [4.69, 9.17) is 5.73 Å². The molecule has 1 heterocycles. The largest absolute Gasteiger partial charge is 0.383 e. The smallest absolute Gasteiger partial charge is 0.359 e. The molecule has 1 aromatic rings. The summed E-state index contributed by atoms with van der Waals surface area (Å²) in [5, 5.41) is 0. The second kappa shape index (κ2) is 2.10. The van der Waals surface area contributed by atoms with Crippen LogP contribution in [0.1, 0.15) is 0 Å². The first-order valence-corrected chi connectivity index (χ1v) is 2.64. The molecule has 0 atom stereocenters. The van der Waals surface area contributed by atoms with Crippen LogP contribution in [0.4, 0.5) is 5.82 Å². The van der Waals surface area contributed by atoms with Gasteiger partial charge >= 0.3 is 5.69 Å². The zero-order valence-corrected chi connectivity index (χ0v) is 5.38. The molecule has 48 valence electrons. The van der Waals surface area contributed by atoms with Gasteiger partial charge in [-0.2, -0.15) is 4.98 Å². The van der Waals surface area contributed by atoms with Crippen molar-refractivity contribution in [3.8, 4) is 0 Å². The summed E-state index contributed by atoms with van der Waals surface area (Å²) in [5.74, 6) is 0.213. The molecule has 0 fully saturated rings. The summed E-state index contributed by atoms with van der Waals surface area (Å²) in [6, 6.07) is 1.49. The van der Waals surface area contributed by atoms with Gasteiger partial charge in [-0.25, -0.2) is 8.77 Å². The predicted molar refractivity (Wildman–Crippen MR) is 37.3 cm³/mol. The normalized spacial score (nSPS) is 9.44. The summed E-state index contributed by atoms with van der Waals surface area (Å²) in [6.45, 7) is 0. The second-order valence-electron chi connectivity index (χ2n) is 1.48. The molecule has 0 aliphatic carbocycles. The molecule has 5 heteroatoms. The van der Waals surface area contributed by atoms with Gasteiger partial charge in [-0.05, 0) is 6.07 Å². The van der Waals surface area contributed by atoms with Gasteiger partial charge in [-0.1, -0.05) is 12.8 Å². The van der Waals surface area contributed by atoms with Crippen LogP contribution in [-0.4, -0.2) is 8.96 Å². The topological polar surface area (TPSA) is 60.9 Å². The van der Waals surface area contributed by atoms with Gasteiger partial charge < -0.3 is 5.73 Å². The Balaban J connectivity index is 3.34. The maximum Gasteiger partial charge on any atom is 0.359 e. The van der Waals surface area contributed by atoms with E-state index >= 15 is 0 Å². The summed E-state index contributed by atoms with van der Waals surface area (Å²) in [5.41, 5.74) is 4.71. The first kappa shape index (κ1) is 6.15. The maximum absolute atomic E-state index is 10.5. The number of aromatic nitrogens is 2. The molecule has 4 nitrogen and oxygen atoms in total. The number of nitrogens with zero attached hydrogens (tertiary/aromatic N) is 2. The molecular formula is C4H5N3OS. The van der Waals surface area contributed by atoms with Gasteiger partial charge in [0, 0.05) is 6.20 Å². The van der Waals surface area contributed by atoms with Crippen LogP contribution in [0.3, 0.4) is 0 Å². The van der Waals surface area contributed by atoms with Crippen LogP contribution in [0, 0.1) is 0 Å². The maximum atomic E-state index is 10.5. The lowest BCUT2D eigenvalue weighted by Crippen LogP contribution is -2.16. The molecular weight excluding hydrogens is 138 g/mol. The van der Waals surface area contributed by atoms with Crippen molar-refractivity contribution in [2.24, 2.45) is 0 Å². The van der Waals surface area contributed by atoms with Crippen molar-refractivity contribution < 1.29 is 0 Å². The molecule has 0 aliphatic rings. The third-order valence-electron chi connectivity index (χ3n) is 0.807. The van der Waals surface area contributed by atoms with Crippen LogP contribution in [-0.2, 0) is 0 Å². The average molecular weight is 143 g/mol. The zero-order valence-electron chi connectivity index (χ0n) is 4.48. The van der Waals surface area contributed by atoms with Gasteiger partial charge in [0.2, 0.25) is 0 Å². The minimum absolute atomic E-state index is 0.213. The Hall–Kier alpha value is -0.970. The predicted octanol–water partition coefficient (Wildman–Crippen LogP) is -0.482. The van der Waals surface area contributed by atoms with Crippen LogP contribution in [0.2, 0.25) is 0 Å². The highest BCUT2D eigenvalue weighted by molar-refractivity contribution is 7.78. The lowest BCUT2D eigenvalue weighted by molar-refractivity contribution is 1.04. The van der Waals surface area contributed by atoms with Crippen molar-refractivity contribution in [2.75, 3.05) is 5.73 Å². The van der Waals surface area contributed by atoms with Crippen molar-refractivity contribution in [2.45, 2.75) is 0 Å². The van der Waals surface area contributed by atoms with Crippen molar-refractivity contribution in [3.05, 3.63) is 22.7 Å². The van der Waals surface area contributed by atoms with Crippen molar-refractivity contribution >= 4 is 18.6 Å². The lowest BCUT2D eigenvalue weighted by atomic mass is 10.6. The quantitative estimate of drug-likeness (QED) is 0.482. The molecule has 0 unspecified atom stereocenters. The first-order chi connectivity index (χ1) is 4.20. The highest BCUT2D eigenvalue weighted by atomic mass is 32.1. The number of nitrogens with two attached hydrogens (primary N) is 1. The van der Waals surface area contributed by atoms with E-state index < -0.39 is 5.69 Å². The Morgan fingerprint density at radius 1 is 1.78 bits per heavy atom. The van der Waals surface area contributed by atoms with Crippen LogP contribution in [0.25, 0.3) is 0 Å². The van der Waals surface area contributed by atoms with Gasteiger partial charge in [0.1, 0.15) is 5.82 Å². The van der Waals surface area contributed by atoms with E-state index in [1.807, 2.05) is 0 Å². The van der Waals surface area contributed by atoms with Crippen LogP contribution < -0.4 is 11.4 Å². The summed E-state index contributed by atoms with van der Waals surface area (Å²) >= 11 is 3.73. The summed E-state index contributed by atoms with van der Waals surface area (Å²) < 4.78 is 1.05. The SMILES string of the molecule is Nc1ccn(S)c(=O)n1. The van der Waals surface area contributed by atoms with Gasteiger partial charge in [-0.15, -0.1) is 0 Å². The second-order valence-corrected chi connectivity index (χ2v) is 1.91. The Morgan fingerprint density at radius 2 is 2.44 bits per heavy atom. The van der Waals surface area contributed by atoms with E-state index in [-0.39, 0.29) is 5.82 Å². The fourth-order valence-corrected chi connectivity index (χ4v) is 0.521. The molecule has 0 saturated carbocycles. The molecule has 1 rings (SSSR count). The Labute approximate surface area is 56.9 Å². The molecule has 0 saturated heterocycles. The molecule has 0 aliphatic heterocycles. The third kappa shape index (κ3) is 1.23. The molecule has 0 aromatic carbocycles. The summed E-state index contributed by atoms with van der Waals surface area (Å²) in [4.78, 5) is 13.9. The highest BCUT2D eigenvalue weighted by Gasteiger charge is 1.89. The Bertz CT molecular complexity index is 269. The zero-order chi connectivity index (χ0) is 6.85. The first-order valence-electron chi connectivity index (χ1n) is 2.24. The van der Waals surface area contributed by atoms with Crippen LogP contribution in [0.5, 0.6) is 0 Å². The fraction of sp³-hybridized carbons (Fsp3) is 0. The van der Waals surface area contributed by atoms with Crippen LogP contribution >= 0.6 is 12.8 Å². The number of rotatable bonds is 0. The molecule has 1 aromatic heterocycles. The molecule has 0 amide bonds. The van der Waals surface area contributed by atoms with Crippen molar-refractivity contribution in [3.63, 3.8) is 0 Å². The van der Waals surface area contributed by atoms with E-state index in [1.54, 1.807) is 0 Å². The van der Waals surface area contributed by atoms with Gasteiger partial charge in [0.25, 0.3) is 0 Å². The monoisotopic (exact) mass is 143 g/mol. The average Bonchev–Trinajstić information content (AvgIpc) is 1.80. The van der Waals surface area contributed by atoms with E-state index in [2.05, 4.69) is 17.8 Å². The van der Waals surface area contributed by atoms with E-state index in [0.29, 0.717) is 0 Å². The number of anilines is 1. The van der Waals surface area contributed by atoms with E-state index in [9.17, 15) is 4.79 Å². The van der Waals surface area contributed by atoms with Gasteiger partial charge in [0.15, 0.2) is 0 Å². The number of hydrogen-bond donors (Lipinski definition) is 2. The molecule has 0 radical (unpaired) electrons. The highest BCUT2D eigenvalue weighted by Crippen LogP contribution is 1.88. The van der Waals surface area contributed by atoms with E-state index in [0.717, 1.165) is 3.97 Å². The van der Waals surface area contributed by atoms with Crippen molar-refractivity contribution in [1.29, 1.82) is 0 Å². The Morgan fingerprint density at radius 3 is 2.89 bits per heavy atom. The number of thiol groups is 1. The minimum Gasteiger partial charge on any atom is -0.383 e. The molecule has 2 N–H and O–H groups in total. The van der Waals surface area contributed by atoms with Gasteiger partial charge in [0.05, 0.1) is 0 Å². The fourth-order valence-electron chi connectivity index (χ4n) is 0.410. The van der Waals surface area contributed by atoms with Crippen molar-refractivity contribution in [1.82, 2.24) is 8.96 Å². The molecule has 9 heavy (non-hydrogen) atoms. The van der Waals surface area contributed by atoms with E-state index in [1.165, 1.54) is 12.3 Å². The van der Waals surface area contributed by atoms with Crippen LogP contribution in [0.15, 0.2) is 17.1 Å². The number of nitrogen functional groups attached to an aromatic ring is 1. The summed E-state index contributed by atoms with van der Waals surface area (Å²) in [6.07, 6.45) is 1.44. The standard InChI is InChI=1S/C4H5N3OS/c5-3-1-2-7(9)4(8)6-3/h1-2,9H,(H2,5,6,8). The third-order valence-corrected chi connectivity index (χ3v) is 1.11. The Kier molecular flexibility index (Phi) is 1.44.